The molecule has 25 heavy (non-hydrogen) atoms. The van der Waals surface area contributed by atoms with Gasteiger partial charge in [0.25, 0.3) is 0 Å². The highest BCUT2D eigenvalue weighted by Gasteiger charge is 2.27. The molecule has 0 aliphatic heterocycles. The van der Waals surface area contributed by atoms with Crippen molar-refractivity contribution >= 4 is 17.8 Å². The van der Waals surface area contributed by atoms with Gasteiger partial charge in [0.05, 0.1) is 6.04 Å². The third-order valence-corrected chi connectivity index (χ3v) is 3.86. The van der Waals surface area contributed by atoms with Crippen LogP contribution in [0.2, 0.25) is 0 Å². The van der Waals surface area contributed by atoms with Gasteiger partial charge in [-0.1, -0.05) is 19.8 Å². The molecule has 9 heteroatoms. The number of nitrogens with two attached hydrogens (primary N) is 3. The van der Waals surface area contributed by atoms with E-state index in [9.17, 15) is 19.5 Å². The van der Waals surface area contributed by atoms with Crippen LogP contribution < -0.4 is 27.8 Å². The Labute approximate surface area is 149 Å². The van der Waals surface area contributed by atoms with Crippen molar-refractivity contribution in [1.82, 2.24) is 10.6 Å². The van der Waals surface area contributed by atoms with E-state index < -0.39 is 35.9 Å². The summed E-state index contributed by atoms with van der Waals surface area (Å²) >= 11 is 0. The van der Waals surface area contributed by atoms with Gasteiger partial charge < -0.3 is 32.9 Å². The maximum absolute atomic E-state index is 12.3. The molecule has 0 rings (SSSR count). The van der Waals surface area contributed by atoms with Gasteiger partial charge in [-0.15, -0.1) is 0 Å². The number of rotatable bonds is 14. The van der Waals surface area contributed by atoms with Gasteiger partial charge in [-0.2, -0.15) is 0 Å². The fraction of sp³-hybridized carbons (Fsp3) is 0.812. The van der Waals surface area contributed by atoms with Crippen molar-refractivity contribution in [2.75, 3.05) is 13.1 Å². The third kappa shape index (κ3) is 10.0. The lowest BCUT2D eigenvalue weighted by molar-refractivity contribution is -0.142. The summed E-state index contributed by atoms with van der Waals surface area (Å²) in [7, 11) is 0. The Kier molecular flexibility index (Phi) is 12.6. The van der Waals surface area contributed by atoms with E-state index in [2.05, 4.69) is 10.6 Å². The predicted molar refractivity (Wildman–Crippen MR) is 95.6 cm³/mol. The van der Waals surface area contributed by atoms with E-state index in [0.29, 0.717) is 25.8 Å². The molecule has 0 aromatic rings. The fourth-order valence-corrected chi connectivity index (χ4v) is 2.29. The van der Waals surface area contributed by atoms with Gasteiger partial charge in [0.15, 0.2) is 0 Å². The van der Waals surface area contributed by atoms with Crippen LogP contribution in [0.5, 0.6) is 0 Å². The molecule has 3 atom stereocenters. The van der Waals surface area contributed by atoms with Gasteiger partial charge >= 0.3 is 5.97 Å². The number of unbranched alkanes of at least 4 members (excludes halogenated alkanes) is 2. The van der Waals surface area contributed by atoms with Gasteiger partial charge in [-0.05, 0) is 45.2 Å². The molecule has 0 radical (unpaired) electrons. The van der Waals surface area contributed by atoms with E-state index in [0.717, 1.165) is 12.8 Å². The first kappa shape index (κ1) is 23.3. The average Bonchev–Trinajstić information content (AvgIpc) is 2.57. The Hall–Kier alpha value is -1.71. The molecule has 146 valence electrons. The number of carbonyl (C=O) groups excluding carboxylic acids is 2. The zero-order valence-electron chi connectivity index (χ0n) is 15.0. The van der Waals surface area contributed by atoms with Crippen LogP contribution in [-0.4, -0.2) is 54.1 Å². The second-order valence-electron chi connectivity index (χ2n) is 6.07. The van der Waals surface area contributed by atoms with Gasteiger partial charge in [-0.25, -0.2) is 4.79 Å². The van der Waals surface area contributed by atoms with Crippen molar-refractivity contribution in [2.24, 2.45) is 17.2 Å². The molecule has 9 nitrogen and oxygen atoms in total. The van der Waals surface area contributed by atoms with Crippen LogP contribution in [0.15, 0.2) is 0 Å². The topological polar surface area (TPSA) is 174 Å². The minimum absolute atomic E-state index is 0.174. The number of hydrogen-bond donors (Lipinski definition) is 6. The lowest BCUT2D eigenvalue weighted by Crippen LogP contribution is -2.54. The average molecular weight is 359 g/mol. The minimum Gasteiger partial charge on any atom is -0.480 e. The largest absolute Gasteiger partial charge is 0.480 e. The summed E-state index contributed by atoms with van der Waals surface area (Å²) in [6.45, 7) is 2.63. The predicted octanol–water partition coefficient (Wildman–Crippen LogP) is -0.964. The molecule has 0 spiro atoms. The van der Waals surface area contributed by atoms with E-state index in [1.165, 1.54) is 0 Å². The third-order valence-electron chi connectivity index (χ3n) is 3.86. The molecule has 0 aliphatic rings. The summed E-state index contributed by atoms with van der Waals surface area (Å²) < 4.78 is 0. The summed E-state index contributed by atoms with van der Waals surface area (Å²) in [6, 6.07) is -2.63. The van der Waals surface area contributed by atoms with E-state index >= 15 is 0 Å². The molecule has 0 aromatic carbocycles. The van der Waals surface area contributed by atoms with Gasteiger partial charge in [0, 0.05) is 0 Å². The Morgan fingerprint density at radius 1 is 0.880 bits per heavy atom. The first-order chi connectivity index (χ1) is 11.9. The summed E-state index contributed by atoms with van der Waals surface area (Å²) in [5, 5.41) is 14.2. The minimum atomic E-state index is -1.12. The molecule has 0 aliphatic carbocycles. The quantitative estimate of drug-likeness (QED) is 0.216. The second kappa shape index (κ2) is 13.6. The summed E-state index contributed by atoms with van der Waals surface area (Å²) in [6.07, 6.45) is 3.99. The summed E-state index contributed by atoms with van der Waals surface area (Å²) in [5.74, 6) is -2.12. The van der Waals surface area contributed by atoms with Crippen molar-refractivity contribution in [3.05, 3.63) is 0 Å². The summed E-state index contributed by atoms with van der Waals surface area (Å²) in [5.41, 5.74) is 16.7. The van der Waals surface area contributed by atoms with E-state index in [1.807, 2.05) is 6.92 Å². The maximum atomic E-state index is 12.3. The lowest BCUT2D eigenvalue weighted by atomic mass is 10.1. The van der Waals surface area contributed by atoms with Crippen LogP contribution in [0, 0.1) is 0 Å². The molecular formula is C16H33N5O4. The summed E-state index contributed by atoms with van der Waals surface area (Å²) in [4.78, 5) is 35.7. The SMILES string of the molecule is CCCCC(N)C(=O)NC(CCN)C(=O)N[C@@H](CCCCN)C(=O)O. The molecular weight excluding hydrogens is 326 g/mol. The molecule has 0 bridgehead atoms. The van der Waals surface area contributed by atoms with Crippen LogP contribution in [0.1, 0.15) is 51.9 Å². The number of carboxylic acid groups (broad SMARTS) is 1. The number of amides is 2. The molecule has 0 fully saturated rings. The lowest BCUT2D eigenvalue weighted by Gasteiger charge is -2.22. The first-order valence-electron chi connectivity index (χ1n) is 8.86. The maximum Gasteiger partial charge on any atom is 0.326 e. The van der Waals surface area contributed by atoms with E-state index in [4.69, 9.17) is 17.2 Å². The number of carbonyl (C=O) groups is 3. The molecule has 0 aromatic heterocycles. The van der Waals surface area contributed by atoms with Crippen molar-refractivity contribution in [2.45, 2.75) is 70.0 Å². The van der Waals surface area contributed by atoms with Crippen molar-refractivity contribution in [3.63, 3.8) is 0 Å². The highest BCUT2D eigenvalue weighted by atomic mass is 16.4. The number of carboxylic acids is 1. The zero-order valence-corrected chi connectivity index (χ0v) is 15.0. The number of nitrogens with one attached hydrogen (secondary N) is 2. The van der Waals surface area contributed by atoms with Crippen LogP contribution >= 0.6 is 0 Å². The number of hydrogen-bond acceptors (Lipinski definition) is 6. The molecule has 9 N–H and O–H groups in total. The van der Waals surface area contributed by atoms with Crippen LogP contribution in [0.25, 0.3) is 0 Å². The standard InChI is InChI=1S/C16H33N5O4/c1-2-3-6-11(19)14(22)20-12(8-10-18)15(23)21-13(16(24)25)7-4-5-9-17/h11-13H,2-10,17-19H2,1H3,(H,20,22)(H,21,23)(H,24,25)/t11?,12?,13-/m0/s1. The monoisotopic (exact) mass is 359 g/mol. The zero-order chi connectivity index (χ0) is 19.2. The Balaban J connectivity index is 4.73. The smallest absolute Gasteiger partial charge is 0.326 e. The van der Waals surface area contributed by atoms with Gasteiger partial charge in [0.2, 0.25) is 11.8 Å². The Bertz CT molecular complexity index is 419. The fourth-order valence-electron chi connectivity index (χ4n) is 2.29. The van der Waals surface area contributed by atoms with E-state index in [1.54, 1.807) is 0 Å². The molecule has 0 saturated carbocycles. The van der Waals surface area contributed by atoms with Crippen LogP contribution in [-0.2, 0) is 14.4 Å². The van der Waals surface area contributed by atoms with Crippen molar-refractivity contribution < 1.29 is 19.5 Å². The molecule has 0 heterocycles. The molecule has 2 unspecified atom stereocenters. The second-order valence-corrected chi connectivity index (χ2v) is 6.07. The van der Waals surface area contributed by atoms with E-state index in [-0.39, 0.29) is 19.4 Å². The Morgan fingerprint density at radius 2 is 1.52 bits per heavy atom. The van der Waals surface area contributed by atoms with Crippen molar-refractivity contribution in [3.8, 4) is 0 Å². The van der Waals surface area contributed by atoms with Gasteiger partial charge in [0.1, 0.15) is 12.1 Å². The number of aliphatic carboxylic acids is 1. The van der Waals surface area contributed by atoms with Crippen LogP contribution in [0.3, 0.4) is 0 Å². The first-order valence-corrected chi connectivity index (χ1v) is 8.86. The van der Waals surface area contributed by atoms with Crippen molar-refractivity contribution in [1.29, 1.82) is 0 Å². The van der Waals surface area contributed by atoms with Crippen LogP contribution in [0.4, 0.5) is 0 Å². The Morgan fingerprint density at radius 3 is 2.04 bits per heavy atom. The normalized spacial score (nSPS) is 14.4. The highest BCUT2D eigenvalue weighted by Crippen LogP contribution is 2.04. The highest BCUT2D eigenvalue weighted by molar-refractivity contribution is 5.91. The molecule has 2 amide bonds. The molecule has 0 saturated heterocycles. The van der Waals surface area contributed by atoms with Gasteiger partial charge in [-0.3, -0.25) is 9.59 Å².